The van der Waals surface area contributed by atoms with Gasteiger partial charge in [-0.3, -0.25) is 9.52 Å². The van der Waals surface area contributed by atoms with Crippen LogP contribution < -0.4 is 20.7 Å². The molecule has 8 heteroatoms. The summed E-state index contributed by atoms with van der Waals surface area (Å²) in [4.78, 5) is 21.2. The maximum absolute atomic E-state index is 11.4. The lowest BCUT2D eigenvalue weighted by atomic mass is 9.92. The summed E-state index contributed by atoms with van der Waals surface area (Å²) in [6, 6.07) is 10.0. The van der Waals surface area contributed by atoms with Gasteiger partial charge in [-0.25, -0.2) is 9.97 Å². The first-order chi connectivity index (χ1) is 14.7. The molecule has 4 rings (SSSR count). The second kappa shape index (κ2) is 9.60. The first-order valence-electron chi connectivity index (χ1n) is 9.89. The molecule has 1 aromatic heterocycles. The van der Waals surface area contributed by atoms with Gasteiger partial charge in [-0.15, -0.1) is 0 Å². The third-order valence-electron chi connectivity index (χ3n) is 4.81. The van der Waals surface area contributed by atoms with Crippen LogP contribution in [0.25, 0.3) is 0 Å². The Kier molecular flexibility index (Phi) is 6.46. The molecule has 0 saturated heterocycles. The number of nitrogens with zero attached hydrogens (tertiary/aromatic N) is 2. The molecule has 4 N–H and O–H groups in total. The van der Waals surface area contributed by atoms with Crippen LogP contribution in [0.1, 0.15) is 25.7 Å². The van der Waals surface area contributed by atoms with Gasteiger partial charge in [-0.1, -0.05) is 12.1 Å². The van der Waals surface area contributed by atoms with Crippen molar-refractivity contribution < 1.29 is 4.79 Å². The minimum absolute atomic E-state index is 0.0835. The van der Waals surface area contributed by atoms with Crippen LogP contribution in [-0.4, -0.2) is 22.9 Å². The topological polar surface area (TPSA) is 91.0 Å². The maximum atomic E-state index is 11.4. The Morgan fingerprint density at radius 3 is 2.70 bits per heavy atom. The van der Waals surface area contributed by atoms with Crippen molar-refractivity contribution in [1.82, 2.24) is 20.0 Å². The smallest absolute Gasteiger partial charge is 0.224 e. The summed E-state index contributed by atoms with van der Waals surface area (Å²) in [7, 11) is 1.90. The predicted octanol–water partition coefficient (Wildman–Crippen LogP) is 4.26. The lowest BCUT2D eigenvalue weighted by Crippen LogP contribution is -2.22. The normalized spacial score (nSPS) is 16.2. The molecule has 1 amide bonds. The summed E-state index contributed by atoms with van der Waals surface area (Å²) in [5, 5.41) is 9.53. The van der Waals surface area contributed by atoms with Crippen molar-refractivity contribution in [3.63, 3.8) is 0 Å². The van der Waals surface area contributed by atoms with Crippen molar-refractivity contribution in [1.29, 1.82) is 0 Å². The van der Waals surface area contributed by atoms with Crippen LogP contribution in [0.4, 0.5) is 17.3 Å². The molecule has 0 unspecified atom stereocenters. The molecular weight excluding hydrogens is 396 g/mol. The monoisotopic (exact) mass is 420 g/mol. The molecule has 0 radical (unpaired) electrons. The molecule has 0 spiro atoms. The summed E-state index contributed by atoms with van der Waals surface area (Å²) in [5.41, 5.74) is 4.42. The molecular formula is C22H24N6OS. The Morgan fingerprint density at radius 1 is 1.03 bits per heavy atom. The van der Waals surface area contributed by atoms with Crippen LogP contribution in [0.2, 0.25) is 0 Å². The summed E-state index contributed by atoms with van der Waals surface area (Å²) in [6.45, 7) is 0. The van der Waals surface area contributed by atoms with Gasteiger partial charge < -0.3 is 16.0 Å². The summed E-state index contributed by atoms with van der Waals surface area (Å²) in [6.07, 6.45) is 11.0. The second-order valence-corrected chi connectivity index (χ2v) is 8.06. The number of amides is 1. The van der Waals surface area contributed by atoms with E-state index in [4.69, 9.17) is 0 Å². The minimum Gasteiger partial charge on any atom is -0.340 e. The highest BCUT2D eigenvalue weighted by atomic mass is 32.2. The van der Waals surface area contributed by atoms with Crippen molar-refractivity contribution in [2.24, 2.45) is 0 Å². The summed E-state index contributed by atoms with van der Waals surface area (Å²) >= 11 is 1.56. The molecule has 154 valence electrons. The van der Waals surface area contributed by atoms with E-state index in [1.807, 2.05) is 37.5 Å². The number of carbonyl (C=O) groups is 1. The van der Waals surface area contributed by atoms with E-state index in [9.17, 15) is 4.79 Å². The molecule has 0 bridgehead atoms. The zero-order chi connectivity index (χ0) is 20.8. The number of carbonyl (C=O) groups excluding carboxylic acids is 1. The molecule has 1 aromatic carbocycles. The third-order valence-corrected chi connectivity index (χ3v) is 5.51. The average molecular weight is 421 g/mol. The number of hydrogen-bond acceptors (Lipinski definition) is 7. The summed E-state index contributed by atoms with van der Waals surface area (Å²) in [5.74, 6) is 1.53. The van der Waals surface area contributed by atoms with Gasteiger partial charge in [0.25, 0.3) is 0 Å². The van der Waals surface area contributed by atoms with E-state index in [2.05, 4.69) is 48.9 Å². The van der Waals surface area contributed by atoms with Crippen molar-refractivity contribution >= 4 is 35.2 Å². The highest BCUT2D eigenvalue weighted by molar-refractivity contribution is 7.97. The van der Waals surface area contributed by atoms with Gasteiger partial charge in [0, 0.05) is 35.0 Å². The average Bonchev–Trinajstić information content (AvgIpc) is 2.75. The molecule has 0 saturated carbocycles. The molecule has 1 aliphatic heterocycles. The van der Waals surface area contributed by atoms with E-state index in [0.717, 1.165) is 47.2 Å². The molecule has 0 atom stereocenters. The zero-order valence-electron chi connectivity index (χ0n) is 16.7. The molecule has 1 aliphatic carbocycles. The third kappa shape index (κ3) is 5.28. The maximum Gasteiger partial charge on any atom is 0.224 e. The van der Waals surface area contributed by atoms with E-state index < -0.39 is 0 Å². The highest BCUT2D eigenvalue weighted by Crippen LogP contribution is 2.28. The Labute approximate surface area is 180 Å². The van der Waals surface area contributed by atoms with Gasteiger partial charge in [0.2, 0.25) is 5.91 Å². The molecule has 7 nitrogen and oxygen atoms in total. The predicted molar refractivity (Wildman–Crippen MR) is 121 cm³/mol. The molecule has 0 fully saturated rings. The van der Waals surface area contributed by atoms with Gasteiger partial charge in [0.05, 0.1) is 0 Å². The first kappa shape index (κ1) is 20.2. The Balaban J connectivity index is 1.45. The van der Waals surface area contributed by atoms with Crippen LogP contribution in [0, 0.1) is 0 Å². The lowest BCUT2D eigenvalue weighted by molar-refractivity contribution is -0.120. The highest BCUT2D eigenvalue weighted by Gasteiger charge is 2.15. The SMILES string of the molecule is CNSc1cccc(Nc2cc(NC3=CCCC(C4=CNC(=O)CC4)=C3)ncn2)c1. The van der Waals surface area contributed by atoms with Crippen molar-refractivity contribution in [3.05, 3.63) is 71.9 Å². The van der Waals surface area contributed by atoms with Crippen molar-refractivity contribution in [3.8, 4) is 0 Å². The van der Waals surface area contributed by atoms with Crippen LogP contribution in [-0.2, 0) is 4.79 Å². The minimum atomic E-state index is 0.0835. The van der Waals surface area contributed by atoms with Gasteiger partial charge in [0.1, 0.15) is 18.0 Å². The van der Waals surface area contributed by atoms with Gasteiger partial charge in [-0.05, 0) is 73.7 Å². The van der Waals surface area contributed by atoms with Crippen molar-refractivity contribution in [2.75, 3.05) is 17.7 Å². The van der Waals surface area contributed by atoms with Gasteiger partial charge >= 0.3 is 0 Å². The van der Waals surface area contributed by atoms with Gasteiger partial charge in [-0.2, -0.15) is 0 Å². The van der Waals surface area contributed by atoms with Crippen LogP contribution in [0.5, 0.6) is 0 Å². The zero-order valence-corrected chi connectivity index (χ0v) is 17.6. The molecule has 30 heavy (non-hydrogen) atoms. The van der Waals surface area contributed by atoms with E-state index in [1.54, 1.807) is 18.3 Å². The number of nitrogens with one attached hydrogen (secondary N) is 4. The fraction of sp³-hybridized carbons (Fsp3) is 0.227. The fourth-order valence-electron chi connectivity index (χ4n) is 3.40. The summed E-state index contributed by atoms with van der Waals surface area (Å²) < 4.78 is 3.08. The number of aromatic nitrogens is 2. The van der Waals surface area contributed by atoms with E-state index >= 15 is 0 Å². The van der Waals surface area contributed by atoms with E-state index in [1.165, 1.54) is 11.1 Å². The molecule has 2 heterocycles. The Morgan fingerprint density at radius 2 is 1.90 bits per heavy atom. The molecule has 2 aliphatic rings. The quantitative estimate of drug-likeness (QED) is 0.498. The second-order valence-electron chi connectivity index (χ2n) is 6.98. The number of allylic oxidation sites excluding steroid dienone is 4. The number of benzene rings is 1. The largest absolute Gasteiger partial charge is 0.340 e. The van der Waals surface area contributed by atoms with Crippen LogP contribution >= 0.6 is 11.9 Å². The van der Waals surface area contributed by atoms with Crippen molar-refractivity contribution in [2.45, 2.75) is 30.6 Å². The number of rotatable bonds is 7. The fourth-order valence-corrected chi connectivity index (χ4v) is 3.97. The first-order valence-corrected chi connectivity index (χ1v) is 10.7. The number of anilines is 3. The molecule has 2 aromatic rings. The lowest BCUT2D eigenvalue weighted by Gasteiger charge is -2.20. The van der Waals surface area contributed by atoms with Crippen LogP contribution in [0.3, 0.4) is 0 Å². The Bertz CT molecular complexity index is 1030. The standard InChI is InChI=1S/C22H24N6OS/c1-23-30-19-7-3-6-18(11-19)28-21-12-20(25-14-26-21)27-17-5-2-4-15(10-17)16-8-9-22(29)24-13-16/h3,5-7,10-14,23H,2,4,8-9H2,1H3,(H,24,29)(H2,25,26,27,28). The Hall–Kier alpha value is -3.10. The van der Waals surface area contributed by atoms with E-state index in [-0.39, 0.29) is 5.91 Å². The van der Waals surface area contributed by atoms with Gasteiger partial charge in [0.15, 0.2) is 0 Å². The number of hydrogen-bond donors (Lipinski definition) is 4. The van der Waals surface area contributed by atoms with E-state index in [0.29, 0.717) is 6.42 Å². The van der Waals surface area contributed by atoms with Crippen LogP contribution in [0.15, 0.2) is 76.7 Å².